The summed E-state index contributed by atoms with van der Waals surface area (Å²) in [5.41, 5.74) is 0. The van der Waals surface area contributed by atoms with Gasteiger partial charge in [0.05, 0.1) is 13.2 Å². The molecule has 0 rings (SSSR count). The molecular formula is C9H17ClO3. The van der Waals surface area contributed by atoms with Gasteiger partial charge in [-0.05, 0) is 18.8 Å². The van der Waals surface area contributed by atoms with E-state index in [-0.39, 0.29) is 0 Å². The van der Waals surface area contributed by atoms with E-state index in [1.165, 1.54) is 0 Å². The van der Waals surface area contributed by atoms with Crippen LogP contribution in [-0.4, -0.2) is 25.2 Å². The van der Waals surface area contributed by atoms with E-state index in [0.29, 0.717) is 31.4 Å². The maximum atomic E-state index is 10.8. The van der Waals surface area contributed by atoms with Crippen molar-refractivity contribution in [1.82, 2.24) is 0 Å². The molecule has 0 aliphatic carbocycles. The van der Waals surface area contributed by atoms with E-state index in [1.54, 1.807) is 0 Å². The van der Waals surface area contributed by atoms with Gasteiger partial charge in [-0.3, -0.25) is 0 Å². The van der Waals surface area contributed by atoms with Crippen LogP contribution in [0.25, 0.3) is 0 Å². The Kier molecular flexibility index (Phi) is 7.90. The number of ether oxygens (including phenoxy) is 2. The van der Waals surface area contributed by atoms with Crippen molar-refractivity contribution < 1.29 is 14.3 Å². The molecule has 0 unspecified atom stereocenters. The Morgan fingerprint density at radius 1 is 1.31 bits per heavy atom. The first-order chi connectivity index (χ1) is 6.16. The van der Waals surface area contributed by atoms with Gasteiger partial charge >= 0.3 is 6.16 Å². The minimum absolute atomic E-state index is 0.337. The highest BCUT2D eigenvalue weighted by Crippen LogP contribution is 2.00. The van der Waals surface area contributed by atoms with E-state index in [9.17, 15) is 4.79 Å². The first-order valence-electron chi connectivity index (χ1n) is 4.52. The monoisotopic (exact) mass is 208 g/mol. The molecule has 0 amide bonds. The van der Waals surface area contributed by atoms with Crippen LogP contribution in [0.4, 0.5) is 4.79 Å². The predicted molar refractivity (Wildman–Crippen MR) is 52.1 cm³/mol. The molecule has 0 heterocycles. The molecule has 4 heteroatoms. The van der Waals surface area contributed by atoms with Gasteiger partial charge in [-0.15, -0.1) is 11.6 Å². The Hall–Kier alpha value is -0.440. The van der Waals surface area contributed by atoms with E-state index in [4.69, 9.17) is 21.1 Å². The first kappa shape index (κ1) is 12.6. The smallest absolute Gasteiger partial charge is 0.434 e. The highest BCUT2D eigenvalue weighted by Gasteiger charge is 2.03. The normalized spacial score (nSPS) is 10.2. The lowest BCUT2D eigenvalue weighted by Gasteiger charge is -2.06. The number of rotatable bonds is 6. The van der Waals surface area contributed by atoms with Gasteiger partial charge in [0.1, 0.15) is 0 Å². The van der Waals surface area contributed by atoms with Crippen molar-refractivity contribution in [2.45, 2.75) is 26.7 Å². The minimum Gasteiger partial charge on any atom is -0.434 e. The van der Waals surface area contributed by atoms with Crippen LogP contribution < -0.4 is 0 Å². The summed E-state index contributed by atoms with van der Waals surface area (Å²) in [4.78, 5) is 10.8. The Morgan fingerprint density at radius 3 is 2.46 bits per heavy atom. The third-order valence-electron chi connectivity index (χ3n) is 1.41. The molecule has 0 spiro atoms. The third-order valence-corrected chi connectivity index (χ3v) is 1.68. The zero-order chi connectivity index (χ0) is 10.1. The van der Waals surface area contributed by atoms with Gasteiger partial charge in [0, 0.05) is 5.88 Å². The van der Waals surface area contributed by atoms with Crippen LogP contribution in [0.5, 0.6) is 0 Å². The molecular weight excluding hydrogens is 192 g/mol. The zero-order valence-electron chi connectivity index (χ0n) is 8.22. The average Bonchev–Trinajstić information content (AvgIpc) is 2.04. The molecule has 0 aliphatic heterocycles. The number of halogens is 1. The molecule has 0 bridgehead atoms. The van der Waals surface area contributed by atoms with Gasteiger partial charge in [-0.2, -0.15) is 0 Å². The lowest BCUT2D eigenvalue weighted by atomic mass is 10.1. The molecule has 13 heavy (non-hydrogen) atoms. The molecule has 0 fully saturated rings. The van der Waals surface area contributed by atoms with Gasteiger partial charge in [-0.1, -0.05) is 13.8 Å². The fourth-order valence-corrected chi connectivity index (χ4v) is 0.739. The number of carbonyl (C=O) groups excluding carboxylic acids is 1. The highest BCUT2D eigenvalue weighted by molar-refractivity contribution is 6.17. The van der Waals surface area contributed by atoms with E-state index in [2.05, 4.69) is 13.8 Å². The maximum Gasteiger partial charge on any atom is 0.508 e. The van der Waals surface area contributed by atoms with Gasteiger partial charge in [-0.25, -0.2) is 4.79 Å². The van der Waals surface area contributed by atoms with Crippen molar-refractivity contribution >= 4 is 17.8 Å². The molecule has 0 aromatic carbocycles. The van der Waals surface area contributed by atoms with Crippen LogP contribution >= 0.6 is 11.6 Å². The second-order valence-electron chi connectivity index (χ2n) is 3.17. The Labute approximate surface area is 84.4 Å². The summed E-state index contributed by atoms with van der Waals surface area (Å²) in [7, 11) is 0. The van der Waals surface area contributed by atoms with Gasteiger partial charge < -0.3 is 9.47 Å². The van der Waals surface area contributed by atoms with Crippen molar-refractivity contribution in [2.24, 2.45) is 5.92 Å². The number of alkyl halides is 1. The van der Waals surface area contributed by atoms with Crippen LogP contribution in [0.1, 0.15) is 26.7 Å². The fourth-order valence-electron chi connectivity index (χ4n) is 0.630. The summed E-state index contributed by atoms with van der Waals surface area (Å²) in [6, 6.07) is 0. The summed E-state index contributed by atoms with van der Waals surface area (Å²) >= 11 is 5.40. The summed E-state index contributed by atoms with van der Waals surface area (Å²) in [5.74, 6) is 1.04. The summed E-state index contributed by atoms with van der Waals surface area (Å²) in [5, 5.41) is 0. The third kappa shape index (κ3) is 9.47. The van der Waals surface area contributed by atoms with Crippen LogP contribution in [0.3, 0.4) is 0 Å². The lowest BCUT2D eigenvalue weighted by Crippen LogP contribution is -2.10. The van der Waals surface area contributed by atoms with Crippen LogP contribution in [0.15, 0.2) is 0 Å². The summed E-state index contributed by atoms with van der Waals surface area (Å²) in [6.45, 7) is 4.91. The van der Waals surface area contributed by atoms with Crippen LogP contribution in [0.2, 0.25) is 0 Å². The molecule has 0 N–H and O–H groups in total. The minimum atomic E-state index is -0.592. The molecule has 78 valence electrons. The van der Waals surface area contributed by atoms with Crippen LogP contribution in [-0.2, 0) is 9.47 Å². The lowest BCUT2D eigenvalue weighted by molar-refractivity contribution is 0.0526. The second-order valence-corrected chi connectivity index (χ2v) is 3.55. The average molecular weight is 209 g/mol. The molecule has 0 aromatic heterocycles. The molecule has 0 aliphatic rings. The van der Waals surface area contributed by atoms with Crippen molar-refractivity contribution in [2.75, 3.05) is 19.1 Å². The van der Waals surface area contributed by atoms with Gasteiger partial charge in [0.15, 0.2) is 0 Å². The molecule has 0 saturated carbocycles. The molecule has 3 nitrogen and oxygen atoms in total. The van der Waals surface area contributed by atoms with Crippen LogP contribution in [0, 0.1) is 5.92 Å². The van der Waals surface area contributed by atoms with E-state index < -0.39 is 6.16 Å². The fraction of sp³-hybridized carbons (Fsp3) is 0.889. The summed E-state index contributed by atoms with van der Waals surface area (Å²) in [6.07, 6.45) is 0.941. The molecule has 0 atom stereocenters. The Morgan fingerprint density at radius 2 is 1.92 bits per heavy atom. The number of hydrogen-bond donors (Lipinski definition) is 0. The second kappa shape index (κ2) is 8.17. The van der Waals surface area contributed by atoms with Crippen molar-refractivity contribution in [3.8, 4) is 0 Å². The highest BCUT2D eigenvalue weighted by atomic mass is 35.5. The molecule has 0 aromatic rings. The molecule has 0 saturated heterocycles. The van der Waals surface area contributed by atoms with E-state index in [0.717, 1.165) is 6.42 Å². The summed E-state index contributed by atoms with van der Waals surface area (Å²) < 4.78 is 9.51. The van der Waals surface area contributed by atoms with Crippen molar-refractivity contribution in [3.05, 3.63) is 0 Å². The van der Waals surface area contributed by atoms with Gasteiger partial charge in [0.2, 0.25) is 0 Å². The van der Waals surface area contributed by atoms with Crippen molar-refractivity contribution in [1.29, 1.82) is 0 Å². The zero-order valence-corrected chi connectivity index (χ0v) is 8.97. The van der Waals surface area contributed by atoms with E-state index >= 15 is 0 Å². The number of carbonyl (C=O) groups is 1. The quantitative estimate of drug-likeness (QED) is 0.383. The first-order valence-corrected chi connectivity index (χ1v) is 5.05. The van der Waals surface area contributed by atoms with Gasteiger partial charge in [0.25, 0.3) is 0 Å². The standard InChI is InChI=1S/C9H17ClO3/c1-8(2)4-7-13-9(11)12-6-3-5-10/h8H,3-7H2,1-2H3. The van der Waals surface area contributed by atoms with Crippen molar-refractivity contribution in [3.63, 3.8) is 0 Å². The molecule has 0 radical (unpaired) electrons. The van der Waals surface area contributed by atoms with E-state index in [1.807, 2.05) is 0 Å². The number of hydrogen-bond acceptors (Lipinski definition) is 3. The topological polar surface area (TPSA) is 35.5 Å². The SMILES string of the molecule is CC(C)CCOC(=O)OCCCCl. The predicted octanol–water partition coefficient (Wildman–Crippen LogP) is 2.81. The Bertz CT molecular complexity index is 137. The Balaban J connectivity index is 3.20. The maximum absolute atomic E-state index is 10.8. The largest absolute Gasteiger partial charge is 0.508 e.